The highest BCUT2D eigenvalue weighted by atomic mass is 19.4. The summed E-state index contributed by atoms with van der Waals surface area (Å²) >= 11 is 0. The van der Waals surface area contributed by atoms with Gasteiger partial charge in [0.2, 0.25) is 0 Å². The quantitative estimate of drug-likeness (QED) is 0.555. The van der Waals surface area contributed by atoms with Crippen molar-refractivity contribution in [3.8, 4) is 11.8 Å². The second kappa shape index (κ2) is 8.00. The SMILES string of the molecule is N#Cc1ccccc1COc1ccccc1/C=C1\C(=O)Nc2cc(C(F)(F)F)ccc21. The number of ether oxygens (including phenoxy) is 1. The number of hydrogen-bond acceptors (Lipinski definition) is 3. The lowest BCUT2D eigenvalue weighted by molar-refractivity contribution is -0.137. The Hall–Kier alpha value is -4.05. The Morgan fingerprint density at radius 2 is 1.77 bits per heavy atom. The molecule has 4 nitrogen and oxygen atoms in total. The molecule has 0 atom stereocenters. The van der Waals surface area contributed by atoms with Crippen molar-refractivity contribution in [3.63, 3.8) is 0 Å². The molecule has 0 fully saturated rings. The minimum Gasteiger partial charge on any atom is -0.488 e. The molecule has 0 saturated carbocycles. The van der Waals surface area contributed by atoms with Crippen molar-refractivity contribution in [2.24, 2.45) is 0 Å². The van der Waals surface area contributed by atoms with Crippen LogP contribution in [0.1, 0.15) is 27.8 Å². The van der Waals surface area contributed by atoms with Gasteiger partial charge in [-0.05, 0) is 30.3 Å². The third kappa shape index (κ3) is 4.14. The molecule has 0 aliphatic carbocycles. The van der Waals surface area contributed by atoms with Crippen molar-refractivity contribution in [2.75, 3.05) is 5.32 Å². The van der Waals surface area contributed by atoms with Crippen LogP contribution in [0.25, 0.3) is 11.6 Å². The van der Waals surface area contributed by atoms with E-state index in [1.54, 1.807) is 48.5 Å². The average molecular weight is 420 g/mol. The molecule has 4 rings (SSSR count). The summed E-state index contributed by atoms with van der Waals surface area (Å²) in [7, 11) is 0. The molecule has 1 heterocycles. The summed E-state index contributed by atoms with van der Waals surface area (Å²) < 4.78 is 44.8. The molecule has 0 saturated heterocycles. The summed E-state index contributed by atoms with van der Waals surface area (Å²) in [5, 5.41) is 11.7. The van der Waals surface area contributed by atoms with Gasteiger partial charge in [0.05, 0.1) is 17.2 Å². The molecule has 0 unspecified atom stereocenters. The monoisotopic (exact) mass is 420 g/mol. The van der Waals surface area contributed by atoms with E-state index >= 15 is 0 Å². The molecule has 1 N–H and O–H groups in total. The van der Waals surface area contributed by atoms with Crippen LogP contribution in [-0.2, 0) is 17.6 Å². The Kier molecular flexibility index (Phi) is 5.22. The van der Waals surface area contributed by atoms with E-state index in [-0.39, 0.29) is 17.9 Å². The smallest absolute Gasteiger partial charge is 0.416 e. The maximum absolute atomic E-state index is 13.0. The van der Waals surface area contributed by atoms with Crippen molar-refractivity contribution in [1.29, 1.82) is 5.26 Å². The maximum Gasteiger partial charge on any atom is 0.416 e. The van der Waals surface area contributed by atoms with E-state index < -0.39 is 17.6 Å². The first-order valence-electron chi connectivity index (χ1n) is 9.31. The van der Waals surface area contributed by atoms with Crippen LogP contribution < -0.4 is 10.1 Å². The van der Waals surface area contributed by atoms with E-state index in [0.717, 1.165) is 17.7 Å². The number of hydrogen-bond donors (Lipinski definition) is 1. The number of anilines is 1. The highest BCUT2D eigenvalue weighted by molar-refractivity contribution is 6.35. The number of fused-ring (bicyclic) bond motifs is 1. The molecule has 0 bridgehead atoms. The van der Waals surface area contributed by atoms with Gasteiger partial charge in [0.25, 0.3) is 5.91 Å². The van der Waals surface area contributed by atoms with Gasteiger partial charge >= 0.3 is 6.18 Å². The van der Waals surface area contributed by atoms with E-state index in [4.69, 9.17) is 4.74 Å². The Morgan fingerprint density at radius 1 is 1.03 bits per heavy atom. The van der Waals surface area contributed by atoms with Gasteiger partial charge in [-0.1, -0.05) is 42.5 Å². The van der Waals surface area contributed by atoms with Crippen LogP contribution in [0.4, 0.5) is 18.9 Å². The number of nitrogens with zero attached hydrogens (tertiary/aromatic N) is 1. The van der Waals surface area contributed by atoms with Crippen molar-refractivity contribution < 1.29 is 22.7 Å². The number of alkyl halides is 3. The molecule has 7 heteroatoms. The lowest BCUT2D eigenvalue weighted by Gasteiger charge is -2.11. The minimum atomic E-state index is -4.49. The molecular weight excluding hydrogens is 405 g/mol. The van der Waals surface area contributed by atoms with Crippen LogP contribution >= 0.6 is 0 Å². The number of nitriles is 1. The van der Waals surface area contributed by atoms with Crippen molar-refractivity contribution >= 4 is 23.2 Å². The molecule has 31 heavy (non-hydrogen) atoms. The summed E-state index contributed by atoms with van der Waals surface area (Å²) in [6.07, 6.45) is -2.91. The summed E-state index contributed by atoms with van der Waals surface area (Å²) in [5.74, 6) is -0.00476. The number of para-hydroxylation sites is 1. The van der Waals surface area contributed by atoms with Crippen molar-refractivity contribution in [3.05, 3.63) is 94.5 Å². The zero-order chi connectivity index (χ0) is 22.0. The second-order valence-electron chi connectivity index (χ2n) is 6.87. The highest BCUT2D eigenvalue weighted by Gasteiger charge is 2.33. The summed E-state index contributed by atoms with van der Waals surface area (Å²) in [5.41, 5.74) is 1.74. The third-order valence-electron chi connectivity index (χ3n) is 4.87. The Balaban J connectivity index is 1.65. The zero-order valence-electron chi connectivity index (χ0n) is 16.0. The number of halogens is 3. The van der Waals surface area contributed by atoms with Gasteiger partial charge in [-0.15, -0.1) is 0 Å². The Bertz CT molecular complexity index is 1240. The number of benzene rings is 3. The fourth-order valence-corrected chi connectivity index (χ4v) is 3.31. The van der Waals surface area contributed by atoms with Crippen LogP contribution in [0.3, 0.4) is 0 Å². The van der Waals surface area contributed by atoms with E-state index in [2.05, 4.69) is 11.4 Å². The summed E-state index contributed by atoms with van der Waals surface area (Å²) in [6, 6.07) is 19.3. The van der Waals surface area contributed by atoms with Crippen LogP contribution in [-0.4, -0.2) is 5.91 Å². The molecular formula is C24H15F3N2O2. The standard InChI is InChI=1S/C24H15F3N2O2/c25-24(26,27)18-9-10-19-20(23(30)29-21(19)12-18)11-15-5-3-4-8-22(15)31-14-17-7-2-1-6-16(17)13-28/h1-12H,14H2,(H,29,30)/b20-11-. The normalized spacial score (nSPS) is 14.1. The van der Waals surface area contributed by atoms with Gasteiger partial charge in [0.15, 0.2) is 0 Å². The number of carbonyl (C=O) groups excluding carboxylic acids is 1. The molecule has 0 aromatic heterocycles. The predicted molar refractivity (Wildman–Crippen MR) is 110 cm³/mol. The van der Waals surface area contributed by atoms with Gasteiger partial charge in [-0.3, -0.25) is 4.79 Å². The Morgan fingerprint density at radius 3 is 2.55 bits per heavy atom. The Labute approximate surface area is 176 Å². The van der Waals surface area contributed by atoms with E-state index in [0.29, 0.717) is 22.4 Å². The third-order valence-corrected chi connectivity index (χ3v) is 4.87. The van der Waals surface area contributed by atoms with E-state index in [9.17, 15) is 23.2 Å². The predicted octanol–water partition coefficient (Wildman–Crippen LogP) is 5.65. The first kappa shape index (κ1) is 20.2. The molecule has 3 aromatic carbocycles. The number of amides is 1. The first-order valence-corrected chi connectivity index (χ1v) is 9.31. The van der Waals surface area contributed by atoms with Crippen molar-refractivity contribution in [1.82, 2.24) is 0 Å². The van der Waals surface area contributed by atoms with Crippen LogP contribution in [0.5, 0.6) is 5.75 Å². The second-order valence-corrected chi connectivity index (χ2v) is 6.87. The number of nitrogens with one attached hydrogen (secondary N) is 1. The summed E-state index contributed by atoms with van der Waals surface area (Å²) in [6.45, 7) is 0.154. The maximum atomic E-state index is 13.0. The lowest BCUT2D eigenvalue weighted by atomic mass is 10.0. The minimum absolute atomic E-state index is 0.118. The van der Waals surface area contributed by atoms with Gasteiger partial charge in [0.1, 0.15) is 12.4 Å². The van der Waals surface area contributed by atoms with E-state index in [1.165, 1.54) is 6.07 Å². The molecule has 154 valence electrons. The lowest BCUT2D eigenvalue weighted by Crippen LogP contribution is -2.06. The summed E-state index contributed by atoms with van der Waals surface area (Å²) in [4.78, 5) is 12.4. The molecule has 1 amide bonds. The molecule has 1 aliphatic rings. The molecule has 1 aliphatic heterocycles. The number of carbonyl (C=O) groups is 1. The van der Waals surface area contributed by atoms with Crippen LogP contribution in [0.2, 0.25) is 0 Å². The zero-order valence-corrected chi connectivity index (χ0v) is 16.0. The number of rotatable bonds is 4. The van der Waals surface area contributed by atoms with Gasteiger partial charge in [-0.2, -0.15) is 18.4 Å². The van der Waals surface area contributed by atoms with Gasteiger partial charge < -0.3 is 10.1 Å². The first-order chi connectivity index (χ1) is 14.9. The highest BCUT2D eigenvalue weighted by Crippen LogP contribution is 2.39. The fourth-order valence-electron chi connectivity index (χ4n) is 3.31. The van der Waals surface area contributed by atoms with E-state index in [1.807, 2.05) is 6.07 Å². The van der Waals surface area contributed by atoms with Crippen molar-refractivity contribution in [2.45, 2.75) is 12.8 Å². The van der Waals surface area contributed by atoms with Crippen LogP contribution in [0.15, 0.2) is 66.7 Å². The van der Waals surface area contributed by atoms with Crippen LogP contribution in [0, 0.1) is 11.3 Å². The molecule has 3 aromatic rings. The largest absolute Gasteiger partial charge is 0.488 e. The van der Waals surface area contributed by atoms with Gasteiger partial charge in [-0.25, -0.2) is 0 Å². The topological polar surface area (TPSA) is 62.1 Å². The molecule has 0 radical (unpaired) electrons. The van der Waals surface area contributed by atoms with Gasteiger partial charge in [0, 0.05) is 28.0 Å². The fraction of sp³-hybridized carbons (Fsp3) is 0.0833. The molecule has 0 spiro atoms. The average Bonchev–Trinajstić information content (AvgIpc) is 3.07.